The molecule has 2 heterocycles. The molecule has 0 N–H and O–H groups in total. The Bertz CT molecular complexity index is 923. The van der Waals surface area contributed by atoms with E-state index in [1.165, 1.54) is 12.1 Å². The molecule has 24 heavy (non-hydrogen) atoms. The van der Waals surface area contributed by atoms with Crippen molar-refractivity contribution in [3.05, 3.63) is 65.7 Å². The van der Waals surface area contributed by atoms with Gasteiger partial charge in [-0.15, -0.1) is 0 Å². The van der Waals surface area contributed by atoms with Crippen LogP contribution in [0.2, 0.25) is 0 Å². The Morgan fingerprint density at radius 2 is 1.71 bits per heavy atom. The van der Waals surface area contributed by atoms with E-state index in [4.69, 9.17) is 9.47 Å². The number of aryl methyl sites for hydroxylation is 1. The lowest BCUT2D eigenvalue weighted by atomic mass is 10.1. The topological polar surface area (TPSA) is 22.3 Å². The molecule has 3 aromatic rings. The second kappa shape index (κ2) is 6.76. The second-order valence-electron chi connectivity index (χ2n) is 5.49. The predicted molar refractivity (Wildman–Crippen MR) is 86.6 cm³/mol. The molecule has 0 amide bonds. The number of halogens is 2. The van der Waals surface area contributed by atoms with E-state index in [-0.39, 0.29) is 36.6 Å². The van der Waals surface area contributed by atoms with Gasteiger partial charge in [-0.25, -0.2) is 8.96 Å². The number of aromatic nitrogens is 1. The van der Waals surface area contributed by atoms with Crippen LogP contribution >= 0.6 is 0 Å². The summed E-state index contributed by atoms with van der Waals surface area (Å²) in [5.74, 6) is 1.31. The fourth-order valence-electron chi connectivity index (χ4n) is 2.74. The van der Waals surface area contributed by atoms with Crippen molar-refractivity contribution in [3.63, 3.8) is 0 Å². The monoisotopic (exact) mass is 435 g/mol. The zero-order valence-corrected chi connectivity index (χ0v) is 15.2. The van der Waals surface area contributed by atoms with Gasteiger partial charge in [0, 0.05) is 12.1 Å². The minimum absolute atomic E-state index is 0. The molecule has 1 aliphatic heterocycles. The van der Waals surface area contributed by atoms with E-state index in [2.05, 4.69) is 0 Å². The van der Waals surface area contributed by atoms with Crippen molar-refractivity contribution < 1.29 is 42.4 Å². The van der Waals surface area contributed by atoms with Crippen LogP contribution < -0.4 is 38.0 Å². The lowest BCUT2D eigenvalue weighted by molar-refractivity contribution is -0.671. The molecule has 0 radical (unpaired) electrons. The first-order valence-electron chi connectivity index (χ1n) is 7.36. The molecule has 0 aliphatic carbocycles. The molecule has 0 spiro atoms. The normalized spacial score (nSPS) is 12.6. The molecule has 0 fully saturated rings. The van der Waals surface area contributed by atoms with Gasteiger partial charge in [-0.1, -0.05) is 12.1 Å². The van der Waals surface area contributed by atoms with Gasteiger partial charge < -0.3 is 33.5 Å². The molecule has 0 unspecified atom stereocenters. The molecule has 0 bridgehead atoms. The maximum Gasteiger partial charge on any atom is 0.231 e. The summed E-state index contributed by atoms with van der Waals surface area (Å²) in [7, 11) is 1.99. The minimum atomic E-state index is -0.231. The van der Waals surface area contributed by atoms with E-state index >= 15 is 0 Å². The van der Waals surface area contributed by atoms with Crippen LogP contribution in [0.15, 0.2) is 48.7 Å². The van der Waals surface area contributed by atoms with Gasteiger partial charge in [0.15, 0.2) is 17.7 Å². The Kier molecular flexibility index (Phi) is 4.71. The second-order valence-corrected chi connectivity index (χ2v) is 5.49. The minimum Gasteiger partial charge on any atom is -1.00 e. The van der Waals surface area contributed by atoms with Crippen LogP contribution in [0.3, 0.4) is 0 Å². The van der Waals surface area contributed by atoms with Crippen LogP contribution in [-0.4, -0.2) is 6.79 Å². The van der Waals surface area contributed by atoms with E-state index in [0.717, 1.165) is 33.5 Å². The van der Waals surface area contributed by atoms with Crippen LogP contribution in [0.5, 0.6) is 11.5 Å². The third kappa shape index (κ3) is 3.08. The SMILES string of the molecule is C[n+]1ccc2cc3c(cc2c1C=Cc1ccc(F)cc1)OCO3.[I-]. The van der Waals surface area contributed by atoms with E-state index in [9.17, 15) is 4.39 Å². The summed E-state index contributed by atoms with van der Waals surface area (Å²) >= 11 is 0. The molecule has 3 nitrogen and oxygen atoms in total. The number of benzene rings is 2. The first-order chi connectivity index (χ1) is 11.2. The molecule has 2 aromatic carbocycles. The highest BCUT2D eigenvalue weighted by atomic mass is 127. The quantitative estimate of drug-likeness (QED) is 0.437. The number of nitrogens with zero attached hydrogens (tertiary/aromatic N) is 1. The zero-order valence-electron chi connectivity index (χ0n) is 13.0. The van der Waals surface area contributed by atoms with Crippen molar-refractivity contribution >= 4 is 22.9 Å². The Labute approximate surface area is 156 Å². The maximum absolute atomic E-state index is 13.0. The summed E-state index contributed by atoms with van der Waals surface area (Å²) in [6.07, 6.45) is 6.01. The van der Waals surface area contributed by atoms with Crippen LogP contribution in [0.4, 0.5) is 4.39 Å². The first-order valence-corrected chi connectivity index (χ1v) is 7.36. The third-order valence-electron chi connectivity index (χ3n) is 3.98. The van der Waals surface area contributed by atoms with Crippen LogP contribution in [0.25, 0.3) is 22.9 Å². The zero-order chi connectivity index (χ0) is 15.8. The fraction of sp³-hybridized carbons (Fsp3) is 0.105. The Hall–Kier alpha value is -2.15. The number of hydrogen-bond donors (Lipinski definition) is 0. The van der Waals surface area contributed by atoms with E-state index in [1.54, 1.807) is 12.1 Å². The highest BCUT2D eigenvalue weighted by Gasteiger charge is 2.18. The lowest BCUT2D eigenvalue weighted by Gasteiger charge is -2.03. The van der Waals surface area contributed by atoms with Gasteiger partial charge >= 0.3 is 0 Å². The lowest BCUT2D eigenvalue weighted by Crippen LogP contribution is -3.00. The predicted octanol–water partition coefficient (Wildman–Crippen LogP) is 0.707. The number of fused-ring (bicyclic) bond motifs is 2. The molecular formula is C19H15FINO2. The van der Waals surface area contributed by atoms with E-state index < -0.39 is 0 Å². The molecule has 1 aliphatic rings. The summed E-state index contributed by atoms with van der Waals surface area (Å²) in [5.41, 5.74) is 1.99. The number of hydrogen-bond acceptors (Lipinski definition) is 2. The standard InChI is InChI=1S/C19H15FNO2.HI/c1-21-9-8-14-10-18-19(23-12-22-18)11-16(14)17(21)7-4-13-2-5-15(20)6-3-13;/h2-11H,12H2,1H3;1H/q+1;/p-1. The van der Waals surface area contributed by atoms with Crippen LogP contribution in [0, 0.1) is 5.82 Å². The van der Waals surface area contributed by atoms with Crippen molar-refractivity contribution in [2.45, 2.75) is 0 Å². The van der Waals surface area contributed by atoms with Crippen LogP contribution in [-0.2, 0) is 7.05 Å². The maximum atomic E-state index is 13.0. The summed E-state index contributed by atoms with van der Waals surface area (Å²) in [4.78, 5) is 0. The van der Waals surface area contributed by atoms with Gasteiger partial charge in [0.25, 0.3) is 0 Å². The largest absolute Gasteiger partial charge is 1.00 e. The summed E-state index contributed by atoms with van der Waals surface area (Å²) in [6, 6.07) is 12.5. The average molecular weight is 435 g/mol. The van der Waals surface area contributed by atoms with Gasteiger partial charge in [-0.2, -0.15) is 0 Å². The molecule has 5 heteroatoms. The summed E-state index contributed by atoms with van der Waals surface area (Å²) in [6.45, 7) is 0.262. The van der Waals surface area contributed by atoms with Gasteiger partial charge in [0.2, 0.25) is 12.5 Å². The van der Waals surface area contributed by atoms with Crippen molar-refractivity contribution in [1.29, 1.82) is 0 Å². The average Bonchev–Trinajstić information content (AvgIpc) is 3.01. The first kappa shape index (κ1) is 16.7. The molecule has 4 rings (SSSR count). The van der Waals surface area contributed by atoms with Crippen molar-refractivity contribution in [1.82, 2.24) is 0 Å². The number of pyridine rings is 1. The smallest absolute Gasteiger partial charge is 0.231 e. The summed E-state index contributed by atoms with van der Waals surface area (Å²) in [5, 5.41) is 2.17. The van der Waals surface area contributed by atoms with Crippen LogP contribution in [0.1, 0.15) is 11.3 Å². The Balaban J connectivity index is 0.00000169. The molecular weight excluding hydrogens is 420 g/mol. The van der Waals surface area contributed by atoms with Gasteiger partial charge in [0.05, 0.1) is 5.39 Å². The van der Waals surface area contributed by atoms with E-state index in [1.807, 2.05) is 48.2 Å². The molecule has 0 saturated carbocycles. The van der Waals surface area contributed by atoms with Crippen molar-refractivity contribution in [2.24, 2.45) is 7.05 Å². The van der Waals surface area contributed by atoms with Crippen molar-refractivity contribution in [2.75, 3.05) is 6.79 Å². The third-order valence-corrected chi connectivity index (χ3v) is 3.98. The summed E-state index contributed by atoms with van der Waals surface area (Å²) < 4.78 is 26.0. The highest BCUT2D eigenvalue weighted by molar-refractivity contribution is 5.92. The molecule has 122 valence electrons. The van der Waals surface area contributed by atoms with Crippen molar-refractivity contribution in [3.8, 4) is 11.5 Å². The van der Waals surface area contributed by atoms with Gasteiger partial charge in [-0.3, -0.25) is 0 Å². The molecule has 0 atom stereocenters. The van der Waals surface area contributed by atoms with Gasteiger partial charge in [-0.05, 0) is 41.3 Å². The Morgan fingerprint density at radius 3 is 2.46 bits per heavy atom. The number of rotatable bonds is 2. The van der Waals surface area contributed by atoms with E-state index in [0.29, 0.717) is 0 Å². The molecule has 0 saturated heterocycles. The highest BCUT2D eigenvalue weighted by Crippen LogP contribution is 2.36. The Morgan fingerprint density at radius 1 is 1.00 bits per heavy atom. The molecule has 1 aromatic heterocycles. The fourth-order valence-corrected chi connectivity index (χ4v) is 2.74. The van der Waals surface area contributed by atoms with Gasteiger partial charge in [0.1, 0.15) is 12.9 Å². The number of ether oxygens (including phenoxy) is 2.